The van der Waals surface area contributed by atoms with Gasteiger partial charge in [-0.05, 0) is 44.7 Å². The maximum atomic E-state index is 15.0. The van der Waals surface area contributed by atoms with E-state index in [1.807, 2.05) is 18.7 Å². The van der Waals surface area contributed by atoms with E-state index in [-0.39, 0.29) is 23.5 Å². The molecule has 0 amide bonds. The molecule has 0 aliphatic carbocycles. The Bertz CT molecular complexity index is 982. The third-order valence-electron chi connectivity index (χ3n) is 5.80. The number of aromatic nitrogens is 1. The van der Waals surface area contributed by atoms with Crippen molar-refractivity contribution in [3.63, 3.8) is 0 Å². The minimum absolute atomic E-state index is 0.0484. The third kappa shape index (κ3) is 2.34. The van der Waals surface area contributed by atoms with Crippen LogP contribution in [0.3, 0.4) is 0 Å². The Balaban J connectivity index is 1.93. The van der Waals surface area contributed by atoms with Crippen molar-refractivity contribution in [3.05, 3.63) is 39.4 Å². The molecule has 138 valence electrons. The van der Waals surface area contributed by atoms with Gasteiger partial charge < -0.3 is 20.3 Å². The maximum absolute atomic E-state index is 15.0. The van der Waals surface area contributed by atoms with Gasteiger partial charge in [0.25, 0.3) is 5.56 Å². The van der Waals surface area contributed by atoms with Crippen LogP contribution in [0.15, 0.2) is 16.9 Å². The van der Waals surface area contributed by atoms with E-state index in [1.165, 1.54) is 16.7 Å². The number of halogens is 1. The summed E-state index contributed by atoms with van der Waals surface area (Å²) >= 11 is 0. The Labute approximate surface area is 150 Å². The van der Waals surface area contributed by atoms with Crippen molar-refractivity contribution in [2.75, 3.05) is 18.0 Å². The van der Waals surface area contributed by atoms with Crippen molar-refractivity contribution < 1.29 is 14.3 Å². The second-order valence-electron chi connectivity index (χ2n) is 7.57. The number of rotatable bonds is 3. The van der Waals surface area contributed by atoms with Gasteiger partial charge >= 0.3 is 5.97 Å². The van der Waals surface area contributed by atoms with Crippen LogP contribution in [0.1, 0.15) is 42.2 Å². The number of carbonyl (C=O) groups is 1. The maximum Gasteiger partial charge on any atom is 0.341 e. The fourth-order valence-corrected chi connectivity index (χ4v) is 4.46. The molecule has 1 aromatic carbocycles. The Kier molecular flexibility index (Phi) is 3.80. The van der Waals surface area contributed by atoms with Gasteiger partial charge in [-0.15, -0.1) is 0 Å². The first-order valence-electron chi connectivity index (χ1n) is 8.94. The molecule has 3 atom stereocenters. The summed E-state index contributed by atoms with van der Waals surface area (Å²) in [6.07, 6.45) is 1.43. The molecule has 2 aliphatic heterocycles. The van der Waals surface area contributed by atoms with Gasteiger partial charge in [0.15, 0.2) is 0 Å². The highest BCUT2D eigenvalue weighted by Gasteiger charge is 2.34. The first-order valence-corrected chi connectivity index (χ1v) is 8.94. The number of anilines is 1. The van der Waals surface area contributed by atoms with Crippen LogP contribution in [0.25, 0.3) is 10.9 Å². The summed E-state index contributed by atoms with van der Waals surface area (Å²) in [5, 5.41) is 9.76. The topological polar surface area (TPSA) is 88.6 Å². The van der Waals surface area contributed by atoms with E-state index in [0.717, 1.165) is 18.5 Å². The van der Waals surface area contributed by atoms with E-state index in [4.69, 9.17) is 5.73 Å². The Morgan fingerprint density at radius 3 is 2.77 bits per heavy atom. The molecule has 0 saturated carbocycles. The molecule has 3 N–H and O–H groups in total. The minimum atomic E-state index is -1.29. The number of benzene rings is 1. The van der Waals surface area contributed by atoms with Crippen molar-refractivity contribution in [3.8, 4) is 0 Å². The fourth-order valence-electron chi connectivity index (χ4n) is 4.46. The highest BCUT2D eigenvalue weighted by Crippen LogP contribution is 2.41. The largest absolute Gasteiger partial charge is 0.477 e. The first kappa shape index (κ1) is 17.0. The van der Waals surface area contributed by atoms with E-state index in [1.54, 1.807) is 0 Å². The Morgan fingerprint density at radius 1 is 1.42 bits per heavy atom. The Morgan fingerprint density at radius 2 is 2.15 bits per heavy atom. The van der Waals surface area contributed by atoms with Crippen LogP contribution in [0.4, 0.5) is 10.1 Å². The van der Waals surface area contributed by atoms with E-state index in [9.17, 15) is 14.7 Å². The van der Waals surface area contributed by atoms with Crippen molar-refractivity contribution in [1.82, 2.24) is 4.57 Å². The van der Waals surface area contributed by atoms with Gasteiger partial charge in [-0.3, -0.25) is 4.79 Å². The summed E-state index contributed by atoms with van der Waals surface area (Å²) in [4.78, 5) is 26.0. The van der Waals surface area contributed by atoms with E-state index < -0.39 is 11.5 Å². The fraction of sp³-hybridized carbons (Fsp3) is 0.474. The zero-order valence-corrected chi connectivity index (χ0v) is 14.8. The number of nitrogens with zero attached hydrogens (tertiary/aromatic N) is 2. The number of carboxylic acids is 1. The molecule has 6 nitrogen and oxygen atoms in total. The standard InChI is InChI=1S/C19H22FN3O3/c1-9-5-13-16-12(6-14(19(25)26)18(24)23(9)16)7-15(20)17(13)22-4-3-11(8-22)10(2)21/h6-7,9-11H,3-5,8,21H2,1-2H3,(H,25,26)/t9?,10-,11+/m0/s1. The number of nitrogens with two attached hydrogens (primary N) is 1. The van der Waals surface area contributed by atoms with Crippen molar-refractivity contribution in [1.29, 1.82) is 0 Å². The molecule has 1 aromatic heterocycles. The molecular weight excluding hydrogens is 337 g/mol. The van der Waals surface area contributed by atoms with E-state index in [0.29, 0.717) is 35.5 Å². The highest BCUT2D eigenvalue weighted by atomic mass is 19.1. The summed E-state index contributed by atoms with van der Waals surface area (Å²) in [5.41, 5.74) is 7.17. The van der Waals surface area contributed by atoms with Gasteiger partial charge in [-0.25, -0.2) is 9.18 Å². The van der Waals surface area contributed by atoms with Crippen LogP contribution in [-0.2, 0) is 6.42 Å². The lowest BCUT2D eigenvalue weighted by Gasteiger charge is -2.23. The van der Waals surface area contributed by atoms with Crippen LogP contribution in [0, 0.1) is 11.7 Å². The van der Waals surface area contributed by atoms with Crippen molar-refractivity contribution in [2.45, 2.75) is 38.8 Å². The average molecular weight is 359 g/mol. The third-order valence-corrected chi connectivity index (χ3v) is 5.80. The van der Waals surface area contributed by atoms with Crippen molar-refractivity contribution >= 4 is 22.6 Å². The second-order valence-corrected chi connectivity index (χ2v) is 7.57. The molecule has 4 rings (SSSR count). The monoisotopic (exact) mass is 359 g/mol. The predicted octanol–water partition coefficient (Wildman–Crippen LogP) is 2.13. The van der Waals surface area contributed by atoms with Gasteiger partial charge in [0.05, 0.1) is 11.2 Å². The molecular formula is C19H22FN3O3. The number of hydrogen-bond donors (Lipinski definition) is 2. The molecule has 1 saturated heterocycles. The van der Waals surface area contributed by atoms with Crippen LogP contribution >= 0.6 is 0 Å². The molecule has 1 fully saturated rings. The zero-order chi connectivity index (χ0) is 18.7. The van der Waals surface area contributed by atoms with Crippen LogP contribution in [0.2, 0.25) is 0 Å². The molecule has 2 aliphatic rings. The van der Waals surface area contributed by atoms with Gasteiger partial charge in [0.2, 0.25) is 0 Å². The molecule has 0 radical (unpaired) electrons. The van der Waals surface area contributed by atoms with Gasteiger partial charge in [-0.2, -0.15) is 0 Å². The SMILES string of the molecule is CC1Cc2c(N3CC[C@@H]([C@H](C)N)C3)c(F)cc3cc(C(=O)O)c(=O)n1c23. The second kappa shape index (κ2) is 5.81. The van der Waals surface area contributed by atoms with Gasteiger partial charge in [0.1, 0.15) is 11.4 Å². The lowest BCUT2D eigenvalue weighted by molar-refractivity contribution is 0.0694. The zero-order valence-electron chi connectivity index (χ0n) is 14.8. The van der Waals surface area contributed by atoms with Crippen LogP contribution < -0.4 is 16.2 Å². The predicted molar refractivity (Wildman–Crippen MR) is 97.5 cm³/mol. The molecule has 2 aromatic rings. The summed E-state index contributed by atoms with van der Waals surface area (Å²) in [6.45, 7) is 5.26. The quantitative estimate of drug-likeness (QED) is 0.876. The van der Waals surface area contributed by atoms with E-state index in [2.05, 4.69) is 0 Å². The lowest BCUT2D eigenvalue weighted by atomic mass is 10.0. The first-order chi connectivity index (χ1) is 12.3. The van der Waals surface area contributed by atoms with Crippen molar-refractivity contribution in [2.24, 2.45) is 11.7 Å². The van der Waals surface area contributed by atoms with E-state index >= 15 is 4.39 Å². The molecule has 7 heteroatoms. The van der Waals surface area contributed by atoms with Crippen LogP contribution in [0.5, 0.6) is 0 Å². The molecule has 26 heavy (non-hydrogen) atoms. The highest BCUT2D eigenvalue weighted by molar-refractivity contribution is 5.96. The van der Waals surface area contributed by atoms with Crippen LogP contribution in [-0.4, -0.2) is 34.8 Å². The smallest absolute Gasteiger partial charge is 0.341 e. The number of pyridine rings is 1. The normalized spacial score (nSPS) is 23.0. The molecule has 1 unspecified atom stereocenters. The summed E-state index contributed by atoms with van der Waals surface area (Å²) in [7, 11) is 0. The van der Waals surface area contributed by atoms with Gasteiger partial charge in [-0.1, -0.05) is 0 Å². The minimum Gasteiger partial charge on any atom is -0.477 e. The molecule has 3 heterocycles. The average Bonchev–Trinajstić information content (AvgIpc) is 3.16. The number of aromatic carboxylic acids is 1. The number of carboxylic acid groups (broad SMARTS) is 1. The Hall–Kier alpha value is -2.41. The molecule has 0 bridgehead atoms. The summed E-state index contributed by atoms with van der Waals surface area (Å²) < 4.78 is 16.5. The van der Waals surface area contributed by atoms with Gasteiger partial charge in [0, 0.05) is 36.1 Å². The summed E-state index contributed by atoms with van der Waals surface area (Å²) in [6, 6.07) is 2.49. The summed E-state index contributed by atoms with van der Waals surface area (Å²) in [5.74, 6) is -1.34. The number of hydrogen-bond acceptors (Lipinski definition) is 4. The lowest BCUT2D eigenvalue weighted by Crippen LogP contribution is -2.30. The molecule has 0 spiro atoms.